The quantitative estimate of drug-likeness (QED) is 0.709. The number of carbonyl (C=O) groups is 2. The van der Waals surface area contributed by atoms with Crippen LogP contribution in [0.3, 0.4) is 0 Å². The van der Waals surface area contributed by atoms with Gasteiger partial charge in [0.25, 0.3) is 5.91 Å². The number of ether oxygens (including phenoxy) is 2. The average molecular weight is 349 g/mol. The molecule has 0 aromatic heterocycles. The molecule has 2 rings (SSSR count). The van der Waals surface area contributed by atoms with Gasteiger partial charge in [-0.25, -0.2) is 9.18 Å². The number of nitrogens with zero attached hydrogens (tertiary/aromatic N) is 1. The molecule has 0 aliphatic carbocycles. The van der Waals surface area contributed by atoms with Gasteiger partial charge in [-0.15, -0.1) is 0 Å². The number of halogens is 1. The van der Waals surface area contributed by atoms with Crippen LogP contribution < -0.4 is 4.74 Å². The van der Waals surface area contributed by atoms with Gasteiger partial charge in [0, 0.05) is 6.08 Å². The minimum atomic E-state index is -0.674. The topological polar surface area (TPSA) is 55.8 Å². The van der Waals surface area contributed by atoms with Crippen LogP contribution >= 0.6 is 0 Å². The van der Waals surface area contributed by atoms with E-state index in [1.165, 1.54) is 17.0 Å². The third-order valence-electron chi connectivity index (χ3n) is 3.92. The molecule has 6 heteroatoms. The van der Waals surface area contributed by atoms with Gasteiger partial charge in [0.1, 0.15) is 11.8 Å². The second kappa shape index (κ2) is 8.14. The largest absolute Gasteiger partial charge is 0.464 e. The Morgan fingerprint density at radius 2 is 2.08 bits per heavy atom. The third-order valence-corrected chi connectivity index (χ3v) is 3.92. The summed E-state index contributed by atoms with van der Waals surface area (Å²) < 4.78 is 24.7. The molecule has 1 aromatic rings. The minimum Gasteiger partial charge on any atom is -0.464 e. The van der Waals surface area contributed by atoms with Crippen molar-refractivity contribution in [2.45, 2.75) is 40.2 Å². The van der Waals surface area contributed by atoms with Crippen molar-refractivity contribution < 1.29 is 23.5 Å². The molecule has 0 radical (unpaired) electrons. The molecule has 0 saturated heterocycles. The highest BCUT2D eigenvalue weighted by Gasteiger charge is 2.35. The lowest BCUT2D eigenvalue weighted by Gasteiger charge is -2.27. The van der Waals surface area contributed by atoms with E-state index in [1.54, 1.807) is 26.0 Å². The maximum absolute atomic E-state index is 14.1. The van der Waals surface area contributed by atoms with E-state index in [0.717, 1.165) is 0 Å². The zero-order valence-electron chi connectivity index (χ0n) is 15.0. The highest BCUT2D eigenvalue weighted by molar-refractivity contribution is 5.94. The van der Waals surface area contributed by atoms with Gasteiger partial charge in [-0.1, -0.05) is 26.0 Å². The number of rotatable bonds is 7. The van der Waals surface area contributed by atoms with E-state index >= 15 is 0 Å². The first-order chi connectivity index (χ1) is 11.8. The van der Waals surface area contributed by atoms with Crippen LogP contribution in [0.4, 0.5) is 4.39 Å². The van der Waals surface area contributed by atoms with Crippen molar-refractivity contribution in [3.05, 3.63) is 41.4 Å². The Kier molecular flexibility index (Phi) is 6.17. The molecule has 1 aliphatic heterocycles. The molecule has 0 fully saturated rings. The van der Waals surface area contributed by atoms with Gasteiger partial charge in [-0.2, -0.15) is 0 Å². The van der Waals surface area contributed by atoms with Crippen molar-refractivity contribution in [1.29, 1.82) is 0 Å². The number of hydrogen-bond acceptors (Lipinski definition) is 4. The molecule has 0 spiro atoms. The lowest BCUT2D eigenvalue weighted by atomic mass is 10.0. The van der Waals surface area contributed by atoms with Crippen molar-refractivity contribution in [2.24, 2.45) is 5.92 Å². The van der Waals surface area contributed by atoms with Crippen molar-refractivity contribution in [1.82, 2.24) is 4.90 Å². The smallest absolute Gasteiger partial charge is 0.328 e. The monoisotopic (exact) mass is 349 g/mol. The summed E-state index contributed by atoms with van der Waals surface area (Å²) in [5.41, 5.74) is 0.462. The summed E-state index contributed by atoms with van der Waals surface area (Å²) in [5.74, 6) is -0.632. The van der Waals surface area contributed by atoms with Gasteiger partial charge in [0.15, 0.2) is 11.6 Å². The zero-order valence-corrected chi connectivity index (χ0v) is 15.0. The van der Waals surface area contributed by atoms with Crippen LogP contribution in [0, 0.1) is 18.7 Å². The predicted octanol–water partition coefficient (Wildman–Crippen LogP) is 3.22. The standard InChI is InChI=1S/C19H24FNO4/c1-5-24-19(23)15(9-12(2)3)21-11-14(10-17(21)22)25-16-8-6-7-13(4)18(16)20/h6-8,10,12,15H,5,9,11H2,1-4H3. The van der Waals surface area contributed by atoms with Gasteiger partial charge >= 0.3 is 5.97 Å². The van der Waals surface area contributed by atoms with Crippen LogP contribution in [-0.2, 0) is 14.3 Å². The maximum Gasteiger partial charge on any atom is 0.328 e. The Bertz CT molecular complexity index is 684. The van der Waals surface area contributed by atoms with Gasteiger partial charge in [0.05, 0.1) is 13.2 Å². The lowest BCUT2D eigenvalue weighted by molar-refractivity contribution is -0.153. The van der Waals surface area contributed by atoms with Gasteiger partial charge in [-0.05, 0) is 37.8 Å². The molecule has 136 valence electrons. The summed E-state index contributed by atoms with van der Waals surface area (Å²) in [5, 5.41) is 0. The molecule has 1 aromatic carbocycles. The van der Waals surface area contributed by atoms with Crippen LogP contribution in [0.5, 0.6) is 5.75 Å². The Hall–Kier alpha value is -2.37. The second-order valence-electron chi connectivity index (χ2n) is 6.46. The number of benzene rings is 1. The molecule has 0 bridgehead atoms. The molecule has 5 nitrogen and oxygen atoms in total. The van der Waals surface area contributed by atoms with Crippen LogP contribution in [-0.4, -0.2) is 36.0 Å². The number of carbonyl (C=O) groups excluding carboxylic acids is 2. The molecule has 0 N–H and O–H groups in total. The fourth-order valence-electron chi connectivity index (χ4n) is 2.71. The summed E-state index contributed by atoms with van der Waals surface area (Å²) in [6.45, 7) is 7.67. The van der Waals surface area contributed by atoms with Crippen molar-refractivity contribution in [3.63, 3.8) is 0 Å². The molecule has 1 amide bonds. The van der Waals surface area contributed by atoms with E-state index in [1.807, 2.05) is 13.8 Å². The molecule has 1 aliphatic rings. The van der Waals surface area contributed by atoms with E-state index in [2.05, 4.69) is 0 Å². The van der Waals surface area contributed by atoms with E-state index in [9.17, 15) is 14.0 Å². The first-order valence-electron chi connectivity index (χ1n) is 8.44. The van der Waals surface area contributed by atoms with Crippen LogP contribution in [0.25, 0.3) is 0 Å². The van der Waals surface area contributed by atoms with E-state index in [-0.39, 0.29) is 30.7 Å². The van der Waals surface area contributed by atoms with Crippen molar-refractivity contribution >= 4 is 11.9 Å². The van der Waals surface area contributed by atoms with Crippen molar-refractivity contribution in [3.8, 4) is 5.75 Å². The summed E-state index contributed by atoms with van der Waals surface area (Å²) in [4.78, 5) is 26.0. The van der Waals surface area contributed by atoms with Crippen LogP contribution in [0.2, 0.25) is 0 Å². The number of amides is 1. The Labute approximate surface area is 147 Å². The first-order valence-corrected chi connectivity index (χ1v) is 8.44. The molecule has 1 heterocycles. The SMILES string of the molecule is CCOC(=O)C(CC(C)C)N1CC(Oc2cccc(C)c2F)=CC1=O. The molecular weight excluding hydrogens is 325 g/mol. The Morgan fingerprint density at radius 3 is 2.72 bits per heavy atom. The highest BCUT2D eigenvalue weighted by Crippen LogP contribution is 2.26. The number of hydrogen-bond donors (Lipinski definition) is 0. The minimum absolute atomic E-state index is 0.0671. The molecule has 0 saturated carbocycles. The summed E-state index contributed by atoms with van der Waals surface area (Å²) >= 11 is 0. The number of aryl methyl sites for hydroxylation is 1. The normalized spacial score (nSPS) is 15.4. The summed E-state index contributed by atoms with van der Waals surface area (Å²) in [6, 6.07) is 4.16. The second-order valence-corrected chi connectivity index (χ2v) is 6.46. The zero-order chi connectivity index (χ0) is 18.6. The van der Waals surface area contributed by atoms with Crippen molar-refractivity contribution in [2.75, 3.05) is 13.2 Å². The molecule has 25 heavy (non-hydrogen) atoms. The van der Waals surface area contributed by atoms with E-state index in [4.69, 9.17) is 9.47 Å². The van der Waals surface area contributed by atoms with Crippen LogP contribution in [0.15, 0.2) is 30.0 Å². The number of esters is 1. The van der Waals surface area contributed by atoms with Crippen LogP contribution in [0.1, 0.15) is 32.8 Å². The van der Waals surface area contributed by atoms with E-state index in [0.29, 0.717) is 17.7 Å². The average Bonchev–Trinajstić information content (AvgIpc) is 2.90. The van der Waals surface area contributed by atoms with Gasteiger partial charge < -0.3 is 14.4 Å². The molecular formula is C19H24FNO4. The van der Waals surface area contributed by atoms with Gasteiger partial charge in [0.2, 0.25) is 0 Å². The molecule has 1 unspecified atom stereocenters. The Balaban J connectivity index is 2.14. The fourth-order valence-corrected chi connectivity index (χ4v) is 2.71. The predicted molar refractivity (Wildman–Crippen MR) is 91.4 cm³/mol. The van der Waals surface area contributed by atoms with Gasteiger partial charge in [-0.3, -0.25) is 4.79 Å². The highest BCUT2D eigenvalue weighted by atomic mass is 19.1. The molecule has 1 atom stereocenters. The first kappa shape index (κ1) is 19.0. The fraction of sp³-hybridized carbons (Fsp3) is 0.474. The summed E-state index contributed by atoms with van der Waals surface area (Å²) in [6.07, 6.45) is 1.79. The third kappa shape index (κ3) is 4.59. The van der Waals surface area contributed by atoms with E-state index < -0.39 is 17.8 Å². The lowest BCUT2D eigenvalue weighted by Crippen LogP contribution is -2.44. The maximum atomic E-state index is 14.1. The Morgan fingerprint density at radius 1 is 1.36 bits per heavy atom. The summed E-state index contributed by atoms with van der Waals surface area (Å²) in [7, 11) is 0.